The summed E-state index contributed by atoms with van der Waals surface area (Å²) >= 11 is 0. The van der Waals surface area contributed by atoms with Crippen molar-refractivity contribution in [2.75, 3.05) is 7.05 Å². The molecule has 0 amide bonds. The predicted molar refractivity (Wildman–Crippen MR) is 72.4 cm³/mol. The average molecular weight is 219 g/mol. The highest BCUT2D eigenvalue weighted by molar-refractivity contribution is 5.27. The van der Waals surface area contributed by atoms with Gasteiger partial charge in [0, 0.05) is 6.04 Å². The maximum atomic E-state index is 4.13. The molecule has 16 heavy (non-hydrogen) atoms. The third-order valence-electron chi connectivity index (χ3n) is 3.45. The Morgan fingerprint density at radius 1 is 1.50 bits per heavy atom. The highest BCUT2D eigenvalue weighted by Crippen LogP contribution is 2.23. The summed E-state index contributed by atoms with van der Waals surface area (Å²) < 4.78 is 0. The van der Waals surface area contributed by atoms with Gasteiger partial charge in [-0.3, -0.25) is 0 Å². The molecule has 1 N–H and O–H groups in total. The van der Waals surface area contributed by atoms with E-state index >= 15 is 0 Å². The fourth-order valence-corrected chi connectivity index (χ4v) is 2.02. The van der Waals surface area contributed by atoms with E-state index in [9.17, 15) is 0 Å². The molecule has 0 saturated heterocycles. The van der Waals surface area contributed by atoms with Gasteiger partial charge in [-0.25, -0.2) is 0 Å². The molecule has 90 valence electrons. The summed E-state index contributed by atoms with van der Waals surface area (Å²) in [5.74, 6) is 1.20. The van der Waals surface area contributed by atoms with Gasteiger partial charge in [0.05, 0.1) is 0 Å². The van der Waals surface area contributed by atoms with E-state index in [0.717, 1.165) is 12.8 Å². The first-order valence-electron chi connectivity index (χ1n) is 6.28. The summed E-state index contributed by atoms with van der Waals surface area (Å²) in [6.45, 7) is 10.8. The zero-order valence-electron chi connectivity index (χ0n) is 11.1. The molecule has 0 bridgehead atoms. The molecule has 0 aromatic carbocycles. The Kier molecular flexibility index (Phi) is 5.01. The molecule has 1 heteroatoms. The number of likely N-dealkylation sites (N-methyl/N-ethyl adjacent to an activating group) is 1. The van der Waals surface area contributed by atoms with Crippen LogP contribution in [0.5, 0.6) is 0 Å². The van der Waals surface area contributed by atoms with Gasteiger partial charge in [0.1, 0.15) is 0 Å². The van der Waals surface area contributed by atoms with Gasteiger partial charge in [-0.05, 0) is 31.7 Å². The summed E-state index contributed by atoms with van der Waals surface area (Å²) in [5.41, 5.74) is 2.82. The standard InChI is InChI=1S/C15H25N/c1-11(2)12(3)6-7-14-8-9-15(16-5)13(4)10-14/h8-11,13,15-16H,3,6-7H2,1-2,4-5H3. The highest BCUT2D eigenvalue weighted by Gasteiger charge is 2.14. The molecule has 0 aromatic heterocycles. The van der Waals surface area contributed by atoms with Crippen LogP contribution in [0.3, 0.4) is 0 Å². The van der Waals surface area contributed by atoms with E-state index in [1.807, 2.05) is 7.05 Å². The first-order chi connectivity index (χ1) is 7.54. The monoisotopic (exact) mass is 219 g/mol. The topological polar surface area (TPSA) is 12.0 Å². The van der Waals surface area contributed by atoms with Gasteiger partial charge in [0.15, 0.2) is 0 Å². The van der Waals surface area contributed by atoms with Gasteiger partial charge >= 0.3 is 0 Å². The fourth-order valence-electron chi connectivity index (χ4n) is 2.02. The van der Waals surface area contributed by atoms with E-state index in [4.69, 9.17) is 0 Å². The second-order valence-electron chi connectivity index (χ2n) is 5.09. The van der Waals surface area contributed by atoms with Crippen molar-refractivity contribution in [1.29, 1.82) is 0 Å². The maximum Gasteiger partial charge on any atom is 0.0311 e. The van der Waals surface area contributed by atoms with Crippen LogP contribution >= 0.6 is 0 Å². The second kappa shape index (κ2) is 6.05. The van der Waals surface area contributed by atoms with Gasteiger partial charge in [-0.2, -0.15) is 0 Å². The van der Waals surface area contributed by atoms with Gasteiger partial charge in [-0.15, -0.1) is 0 Å². The Balaban J connectivity index is 2.46. The Labute approximate surface area is 100 Å². The predicted octanol–water partition coefficient (Wildman–Crippen LogP) is 3.70. The van der Waals surface area contributed by atoms with E-state index in [-0.39, 0.29) is 0 Å². The molecule has 0 fully saturated rings. The van der Waals surface area contributed by atoms with Crippen molar-refractivity contribution in [2.45, 2.75) is 39.7 Å². The molecule has 1 rings (SSSR count). The SMILES string of the molecule is C=C(CCC1=CC(C)C(NC)C=C1)C(C)C. The van der Waals surface area contributed by atoms with Crippen molar-refractivity contribution in [3.05, 3.63) is 36.0 Å². The average Bonchev–Trinajstić information content (AvgIpc) is 2.25. The first kappa shape index (κ1) is 13.2. The van der Waals surface area contributed by atoms with Crippen LogP contribution in [0.25, 0.3) is 0 Å². The minimum Gasteiger partial charge on any atom is -0.313 e. The Bertz CT molecular complexity index is 297. The van der Waals surface area contributed by atoms with Crippen molar-refractivity contribution in [3.8, 4) is 0 Å². The molecule has 2 atom stereocenters. The van der Waals surface area contributed by atoms with Gasteiger partial charge < -0.3 is 5.32 Å². The Morgan fingerprint density at radius 3 is 2.69 bits per heavy atom. The van der Waals surface area contributed by atoms with E-state index in [1.54, 1.807) is 0 Å². The number of rotatable bonds is 5. The zero-order valence-corrected chi connectivity index (χ0v) is 11.1. The van der Waals surface area contributed by atoms with Crippen LogP contribution in [0.1, 0.15) is 33.6 Å². The third-order valence-corrected chi connectivity index (χ3v) is 3.45. The molecule has 1 aliphatic rings. The number of allylic oxidation sites excluding steroid dienone is 3. The lowest BCUT2D eigenvalue weighted by molar-refractivity contribution is 0.533. The normalized spacial score (nSPS) is 24.7. The minimum atomic E-state index is 0.497. The number of nitrogens with one attached hydrogen (secondary N) is 1. The van der Waals surface area contributed by atoms with Crippen LogP contribution in [-0.4, -0.2) is 13.1 Å². The van der Waals surface area contributed by atoms with E-state index in [0.29, 0.717) is 17.9 Å². The van der Waals surface area contributed by atoms with E-state index < -0.39 is 0 Å². The highest BCUT2D eigenvalue weighted by atomic mass is 14.9. The molecule has 1 nitrogen and oxygen atoms in total. The largest absolute Gasteiger partial charge is 0.313 e. The van der Waals surface area contributed by atoms with Crippen LogP contribution in [-0.2, 0) is 0 Å². The van der Waals surface area contributed by atoms with Crippen molar-refractivity contribution < 1.29 is 0 Å². The molecule has 0 heterocycles. The van der Waals surface area contributed by atoms with Crippen LogP contribution in [0, 0.1) is 11.8 Å². The van der Waals surface area contributed by atoms with E-state index in [1.165, 1.54) is 11.1 Å². The first-order valence-corrected chi connectivity index (χ1v) is 6.28. The van der Waals surface area contributed by atoms with E-state index in [2.05, 4.69) is 50.9 Å². The minimum absolute atomic E-state index is 0.497. The smallest absolute Gasteiger partial charge is 0.0311 e. The molecular formula is C15H25N. The lowest BCUT2D eigenvalue weighted by Crippen LogP contribution is -2.30. The van der Waals surface area contributed by atoms with Crippen LogP contribution in [0.2, 0.25) is 0 Å². The van der Waals surface area contributed by atoms with Crippen molar-refractivity contribution >= 4 is 0 Å². The van der Waals surface area contributed by atoms with Crippen molar-refractivity contribution in [1.82, 2.24) is 5.32 Å². The molecule has 0 aliphatic heterocycles. The van der Waals surface area contributed by atoms with Crippen molar-refractivity contribution in [3.63, 3.8) is 0 Å². The quantitative estimate of drug-likeness (QED) is 0.695. The number of hydrogen-bond acceptors (Lipinski definition) is 1. The summed E-state index contributed by atoms with van der Waals surface area (Å²) in [4.78, 5) is 0. The van der Waals surface area contributed by atoms with Crippen molar-refractivity contribution in [2.24, 2.45) is 11.8 Å². The molecule has 1 aliphatic carbocycles. The second-order valence-corrected chi connectivity index (χ2v) is 5.09. The molecular weight excluding hydrogens is 194 g/mol. The molecule has 2 unspecified atom stereocenters. The lowest BCUT2D eigenvalue weighted by Gasteiger charge is -2.22. The zero-order chi connectivity index (χ0) is 12.1. The van der Waals surface area contributed by atoms with Crippen LogP contribution < -0.4 is 5.32 Å². The third kappa shape index (κ3) is 3.64. The van der Waals surface area contributed by atoms with Gasteiger partial charge in [0.25, 0.3) is 0 Å². The Morgan fingerprint density at radius 2 is 2.19 bits per heavy atom. The molecule has 0 radical (unpaired) electrons. The van der Waals surface area contributed by atoms with Crippen LogP contribution in [0.4, 0.5) is 0 Å². The molecule has 0 spiro atoms. The summed E-state index contributed by atoms with van der Waals surface area (Å²) in [5, 5.41) is 3.31. The molecule has 0 aromatic rings. The Hall–Kier alpha value is -0.820. The van der Waals surface area contributed by atoms with Crippen LogP contribution in [0.15, 0.2) is 36.0 Å². The lowest BCUT2D eigenvalue weighted by atomic mass is 9.89. The fraction of sp³-hybridized carbons (Fsp3) is 0.600. The van der Waals surface area contributed by atoms with Gasteiger partial charge in [-0.1, -0.05) is 56.7 Å². The molecule has 0 saturated carbocycles. The van der Waals surface area contributed by atoms with Gasteiger partial charge in [0.2, 0.25) is 0 Å². The number of hydrogen-bond donors (Lipinski definition) is 1. The maximum absolute atomic E-state index is 4.13. The summed E-state index contributed by atoms with van der Waals surface area (Å²) in [6, 6.07) is 0.497. The summed E-state index contributed by atoms with van der Waals surface area (Å²) in [7, 11) is 2.02. The summed E-state index contributed by atoms with van der Waals surface area (Å²) in [6.07, 6.45) is 9.17.